The van der Waals surface area contributed by atoms with E-state index in [1.807, 2.05) is 42.5 Å². The van der Waals surface area contributed by atoms with Crippen molar-refractivity contribution in [3.05, 3.63) is 176 Å². The van der Waals surface area contributed by atoms with E-state index < -0.39 is 0 Å². The molecule has 2 heterocycles. The summed E-state index contributed by atoms with van der Waals surface area (Å²) in [6.45, 7) is 0. The topological polar surface area (TPSA) is 51.8 Å². The molecule has 0 saturated heterocycles. The van der Waals surface area contributed by atoms with Crippen molar-refractivity contribution < 1.29 is 4.42 Å². The Labute approximate surface area is 294 Å². The van der Waals surface area contributed by atoms with Gasteiger partial charge < -0.3 is 4.42 Å². The van der Waals surface area contributed by atoms with Crippen LogP contribution in [-0.2, 0) is 0 Å². The summed E-state index contributed by atoms with van der Waals surface area (Å²) in [4.78, 5) is 15.6. The van der Waals surface area contributed by atoms with Crippen LogP contribution in [0.1, 0.15) is 0 Å². The molecular weight excluding hydrogens is 623 g/mol. The zero-order valence-electron chi connectivity index (χ0n) is 27.5. The standard InChI is InChI=1S/C47H29N3O/c1-2-13-33(14-3-1)45-48-46(34-24-22-32(23-25-34)38-19-10-16-31-12-6-7-17-37(31)38)50-47(49-45)44-39(36-26-21-30-11-4-5-15-35(30)29-36)27-28-42-43(44)40-18-8-9-20-41(40)51-42/h1-29H. The highest BCUT2D eigenvalue weighted by Gasteiger charge is 2.22. The van der Waals surface area contributed by atoms with Crippen molar-refractivity contribution >= 4 is 43.5 Å². The Bertz CT molecular complexity index is 2900. The number of rotatable bonds is 5. The van der Waals surface area contributed by atoms with Gasteiger partial charge >= 0.3 is 0 Å². The van der Waals surface area contributed by atoms with E-state index in [4.69, 9.17) is 19.4 Å². The molecule has 0 bridgehead atoms. The van der Waals surface area contributed by atoms with Gasteiger partial charge in [-0.15, -0.1) is 0 Å². The lowest BCUT2D eigenvalue weighted by atomic mass is 9.93. The molecule has 0 saturated carbocycles. The molecule has 2 aromatic heterocycles. The van der Waals surface area contributed by atoms with Crippen LogP contribution in [0.15, 0.2) is 180 Å². The van der Waals surface area contributed by atoms with Crippen molar-refractivity contribution in [3.63, 3.8) is 0 Å². The molecule has 10 rings (SSSR count). The van der Waals surface area contributed by atoms with E-state index in [9.17, 15) is 0 Å². The van der Waals surface area contributed by atoms with Crippen LogP contribution < -0.4 is 0 Å². The van der Waals surface area contributed by atoms with Crippen LogP contribution >= 0.6 is 0 Å². The monoisotopic (exact) mass is 651 g/mol. The molecule has 0 radical (unpaired) electrons. The van der Waals surface area contributed by atoms with Gasteiger partial charge in [-0.25, -0.2) is 15.0 Å². The van der Waals surface area contributed by atoms with Crippen LogP contribution in [0.5, 0.6) is 0 Å². The Kier molecular flexibility index (Phi) is 6.78. The molecule has 238 valence electrons. The van der Waals surface area contributed by atoms with Crippen LogP contribution in [0.4, 0.5) is 0 Å². The molecule has 0 aliphatic heterocycles. The van der Waals surface area contributed by atoms with Crippen molar-refractivity contribution in [1.29, 1.82) is 0 Å². The highest BCUT2D eigenvalue weighted by atomic mass is 16.3. The molecule has 0 N–H and O–H groups in total. The highest BCUT2D eigenvalue weighted by Crippen LogP contribution is 2.43. The predicted octanol–water partition coefficient (Wildman–Crippen LogP) is 12.4. The second-order valence-corrected chi connectivity index (χ2v) is 12.8. The Morgan fingerprint density at radius 3 is 1.76 bits per heavy atom. The second-order valence-electron chi connectivity index (χ2n) is 12.8. The molecule has 0 aliphatic rings. The first-order chi connectivity index (χ1) is 25.3. The summed E-state index contributed by atoms with van der Waals surface area (Å²) in [5.74, 6) is 1.82. The zero-order valence-corrected chi connectivity index (χ0v) is 27.5. The molecule has 51 heavy (non-hydrogen) atoms. The molecule has 0 spiro atoms. The fraction of sp³-hybridized carbons (Fsp3) is 0. The third kappa shape index (κ3) is 5.04. The number of para-hydroxylation sites is 1. The largest absolute Gasteiger partial charge is 0.456 e. The van der Waals surface area contributed by atoms with Crippen molar-refractivity contribution in [2.75, 3.05) is 0 Å². The maximum absolute atomic E-state index is 6.42. The van der Waals surface area contributed by atoms with Crippen molar-refractivity contribution in [2.45, 2.75) is 0 Å². The first-order valence-corrected chi connectivity index (χ1v) is 17.1. The lowest BCUT2D eigenvalue weighted by Gasteiger charge is -2.14. The Morgan fingerprint density at radius 1 is 0.333 bits per heavy atom. The minimum absolute atomic E-state index is 0.595. The summed E-state index contributed by atoms with van der Waals surface area (Å²) in [6, 6.07) is 61.1. The summed E-state index contributed by atoms with van der Waals surface area (Å²) >= 11 is 0. The fourth-order valence-corrected chi connectivity index (χ4v) is 7.26. The van der Waals surface area contributed by atoms with E-state index in [0.717, 1.165) is 55.3 Å². The highest BCUT2D eigenvalue weighted by molar-refractivity contribution is 6.15. The number of aromatic nitrogens is 3. The number of hydrogen-bond donors (Lipinski definition) is 0. The van der Waals surface area contributed by atoms with Crippen LogP contribution in [0, 0.1) is 0 Å². The van der Waals surface area contributed by atoms with Gasteiger partial charge in [-0.2, -0.15) is 0 Å². The predicted molar refractivity (Wildman–Crippen MR) is 209 cm³/mol. The maximum Gasteiger partial charge on any atom is 0.165 e. The number of fused-ring (bicyclic) bond motifs is 5. The fourth-order valence-electron chi connectivity index (χ4n) is 7.26. The smallest absolute Gasteiger partial charge is 0.165 e. The van der Waals surface area contributed by atoms with Gasteiger partial charge in [0, 0.05) is 27.5 Å². The first kappa shape index (κ1) is 29.0. The molecule has 0 aliphatic carbocycles. The van der Waals surface area contributed by atoms with Crippen LogP contribution in [0.25, 0.3) is 99.9 Å². The van der Waals surface area contributed by atoms with E-state index in [1.165, 1.54) is 27.1 Å². The molecule has 10 aromatic rings. The maximum atomic E-state index is 6.42. The molecule has 0 amide bonds. The lowest BCUT2D eigenvalue weighted by molar-refractivity contribution is 0.669. The van der Waals surface area contributed by atoms with E-state index in [2.05, 4.69) is 133 Å². The van der Waals surface area contributed by atoms with Gasteiger partial charge in [0.05, 0.1) is 0 Å². The third-order valence-electron chi connectivity index (χ3n) is 9.74. The molecule has 4 nitrogen and oxygen atoms in total. The van der Waals surface area contributed by atoms with Crippen molar-refractivity contribution in [3.8, 4) is 56.4 Å². The second kappa shape index (κ2) is 11.9. The Balaban J connectivity index is 1.21. The quantitative estimate of drug-likeness (QED) is 0.186. The average Bonchev–Trinajstić information content (AvgIpc) is 3.59. The first-order valence-electron chi connectivity index (χ1n) is 17.1. The van der Waals surface area contributed by atoms with E-state index in [0.29, 0.717) is 17.5 Å². The van der Waals surface area contributed by atoms with Crippen LogP contribution in [0.2, 0.25) is 0 Å². The van der Waals surface area contributed by atoms with Gasteiger partial charge in [-0.3, -0.25) is 0 Å². The molecule has 0 fully saturated rings. The number of furan rings is 1. The summed E-state index contributed by atoms with van der Waals surface area (Å²) < 4.78 is 6.42. The summed E-state index contributed by atoms with van der Waals surface area (Å²) in [6.07, 6.45) is 0. The SMILES string of the molecule is c1ccc(-c2nc(-c3ccc(-c4cccc5ccccc45)cc3)nc(-c3c(-c4ccc5ccccc5c4)ccc4oc5ccccc5c34)n2)cc1. The minimum Gasteiger partial charge on any atom is -0.456 e. The summed E-state index contributed by atoms with van der Waals surface area (Å²) in [5, 5.41) is 6.82. The number of nitrogens with zero attached hydrogens (tertiary/aromatic N) is 3. The van der Waals surface area contributed by atoms with Gasteiger partial charge in [0.25, 0.3) is 0 Å². The van der Waals surface area contributed by atoms with Gasteiger partial charge in [-0.1, -0.05) is 152 Å². The molecule has 0 unspecified atom stereocenters. The van der Waals surface area contributed by atoms with E-state index in [1.54, 1.807) is 0 Å². The summed E-state index contributed by atoms with van der Waals surface area (Å²) in [5.41, 5.74) is 8.81. The third-order valence-corrected chi connectivity index (χ3v) is 9.74. The van der Waals surface area contributed by atoms with Crippen molar-refractivity contribution in [1.82, 2.24) is 15.0 Å². The van der Waals surface area contributed by atoms with Crippen LogP contribution in [0.3, 0.4) is 0 Å². The molecule has 0 atom stereocenters. The van der Waals surface area contributed by atoms with E-state index in [-0.39, 0.29) is 0 Å². The summed E-state index contributed by atoms with van der Waals surface area (Å²) in [7, 11) is 0. The molecule has 8 aromatic carbocycles. The van der Waals surface area contributed by atoms with Gasteiger partial charge in [0.2, 0.25) is 0 Å². The van der Waals surface area contributed by atoms with Gasteiger partial charge in [-0.05, 0) is 68.1 Å². The van der Waals surface area contributed by atoms with E-state index >= 15 is 0 Å². The van der Waals surface area contributed by atoms with Crippen molar-refractivity contribution in [2.24, 2.45) is 0 Å². The molecule has 4 heteroatoms. The Hall–Kier alpha value is -6.91. The minimum atomic E-state index is 0.595. The average molecular weight is 652 g/mol. The van der Waals surface area contributed by atoms with Gasteiger partial charge in [0.15, 0.2) is 17.5 Å². The Morgan fingerprint density at radius 2 is 0.941 bits per heavy atom. The normalized spacial score (nSPS) is 11.5. The van der Waals surface area contributed by atoms with Gasteiger partial charge in [0.1, 0.15) is 11.2 Å². The number of benzene rings is 8. The zero-order chi connectivity index (χ0) is 33.7. The molecular formula is C47H29N3O. The van der Waals surface area contributed by atoms with Crippen LogP contribution in [-0.4, -0.2) is 15.0 Å². The lowest BCUT2D eigenvalue weighted by Crippen LogP contribution is -2.01. The number of hydrogen-bond acceptors (Lipinski definition) is 4.